The Morgan fingerprint density at radius 1 is 0.441 bits per heavy atom. The van der Waals surface area contributed by atoms with Crippen molar-refractivity contribution < 1.29 is 19.8 Å². The first kappa shape index (κ1) is 32.7. The van der Waals surface area contributed by atoms with Crippen LogP contribution in [0.1, 0.15) is 156 Å². The Morgan fingerprint density at radius 2 is 0.676 bits per heavy atom. The molecule has 0 saturated heterocycles. The maximum atomic E-state index is 11.7. The lowest BCUT2D eigenvalue weighted by Gasteiger charge is -2.10. The van der Waals surface area contributed by atoms with Crippen LogP contribution in [0.4, 0.5) is 0 Å². The van der Waals surface area contributed by atoms with E-state index in [1.807, 2.05) is 0 Å². The van der Waals surface area contributed by atoms with Gasteiger partial charge in [-0.15, -0.1) is 0 Å². The quantitative estimate of drug-likeness (QED) is 0.106. The molecule has 0 aromatic rings. The molecule has 4 nitrogen and oxygen atoms in total. The normalized spacial score (nSPS) is 12.4. The molecule has 0 rings (SSSR count). The van der Waals surface area contributed by atoms with Gasteiger partial charge in [-0.25, -0.2) is 9.59 Å². The van der Waals surface area contributed by atoms with Crippen molar-refractivity contribution in [2.45, 2.75) is 156 Å². The molecule has 0 atom stereocenters. The van der Waals surface area contributed by atoms with Crippen LogP contribution in [-0.4, -0.2) is 22.2 Å². The minimum atomic E-state index is -1.05. The Hall–Kier alpha value is -1.32. The van der Waals surface area contributed by atoms with Crippen LogP contribution in [0.3, 0.4) is 0 Å². The Morgan fingerprint density at radius 3 is 0.912 bits per heavy atom. The van der Waals surface area contributed by atoms with E-state index in [0.717, 1.165) is 50.4 Å². The van der Waals surface area contributed by atoms with Gasteiger partial charge >= 0.3 is 11.9 Å². The third-order valence-electron chi connectivity index (χ3n) is 6.80. The summed E-state index contributed by atoms with van der Waals surface area (Å²) in [6, 6.07) is 0. The van der Waals surface area contributed by atoms with E-state index in [9.17, 15) is 19.8 Å². The minimum Gasteiger partial charge on any atom is -0.478 e. The van der Waals surface area contributed by atoms with E-state index in [1.165, 1.54) is 77.0 Å². The van der Waals surface area contributed by atoms with E-state index in [2.05, 4.69) is 27.7 Å². The monoisotopic (exact) mass is 480 g/mol. The number of carbonyl (C=O) groups is 2. The van der Waals surface area contributed by atoms with Crippen molar-refractivity contribution in [1.82, 2.24) is 0 Å². The second kappa shape index (κ2) is 22.2. The molecule has 0 aliphatic heterocycles. The first-order chi connectivity index (χ1) is 16.3. The van der Waals surface area contributed by atoms with Crippen molar-refractivity contribution in [3.63, 3.8) is 0 Å². The Labute approximate surface area is 211 Å². The zero-order valence-electron chi connectivity index (χ0n) is 23.0. The predicted molar refractivity (Wildman–Crippen MR) is 144 cm³/mol. The molecule has 0 heterocycles. The Bertz CT molecular complexity index is 500. The van der Waals surface area contributed by atoms with Crippen molar-refractivity contribution in [2.24, 2.45) is 11.8 Å². The Balaban J connectivity index is 4.10. The van der Waals surface area contributed by atoms with Crippen LogP contribution in [-0.2, 0) is 9.59 Å². The highest BCUT2D eigenvalue weighted by Crippen LogP contribution is 2.22. The molecule has 2 N–H and O–H groups in total. The average Bonchev–Trinajstić information content (AvgIpc) is 2.76. The summed E-state index contributed by atoms with van der Waals surface area (Å²) in [5, 5.41) is 19.2. The minimum absolute atomic E-state index is 0.131. The number of carboxylic acid groups (broad SMARTS) is 2. The summed E-state index contributed by atoms with van der Waals surface area (Å²) >= 11 is 0. The van der Waals surface area contributed by atoms with Gasteiger partial charge in [-0.05, 0) is 37.5 Å². The average molecular weight is 481 g/mol. The van der Waals surface area contributed by atoms with Gasteiger partial charge in [0.2, 0.25) is 0 Å². The van der Waals surface area contributed by atoms with E-state index in [-0.39, 0.29) is 11.1 Å². The van der Waals surface area contributed by atoms with Gasteiger partial charge in [0.15, 0.2) is 0 Å². The zero-order valence-corrected chi connectivity index (χ0v) is 23.0. The van der Waals surface area contributed by atoms with E-state index < -0.39 is 11.9 Å². The topological polar surface area (TPSA) is 74.6 Å². The number of carboxylic acids is 2. The van der Waals surface area contributed by atoms with Gasteiger partial charge in [0, 0.05) is 11.1 Å². The molecule has 0 fully saturated rings. The van der Waals surface area contributed by atoms with Crippen molar-refractivity contribution in [1.29, 1.82) is 0 Å². The van der Waals surface area contributed by atoms with Crippen LogP contribution in [0.2, 0.25) is 0 Å². The smallest absolute Gasteiger partial charge is 0.332 e. The molecule has 0 amide bonds. The molecule has 0 saturated carbocycles. The van der Waals surface area contributed by atoms with E-state index in [0.29, 0.717) is 12.8 Å². The van der Waals surface area contributed by atoms with Crippen molar-refractivity contribution in [2.75, 3.05) is 0 Å². The lowest BCUT2D eigenvalue weighted by Crippen LogP contribution is -2.12. The molecule has 0 aliphatic carbocycles. The van der Waals surface area contributed by atoms with Crippen molar-refractivity contribution >= 4 is 11.9 Å². The van der Waals surface area contributed by atoms with E-state index >= 15 is 0 Å². The number of hydrogen-bond donors (Lipinski definition) is 2. The van der Waals surface area contributed by atoms with E-state index in [4.69, 9.17) is 0 Å². The molecule has 0 radical (unpaired) electrons. The van der Waals surface area contributed by atoms with Gasteiger partial charge in [-0.3, -0.25) is 0 Å². The molecular formula is C30H56O4. The summed E-state index contributed by atoms with van der Waals surface area (Å²) in [4.78, 5) is 23.5. The van der Waals surface area contributed by atoms with Crippen LogP contribution in [0.5, 0.6) is 0 Å². The SMILES string of the molecule is CC(C)CCCCCCCCCCC(C(=O)O)=C(CCCCCCCCCCC(C)C)C(=O)O. The van der Waals surface area contributed by atoms with Gasteiger partial charge in [-0.2, -0.15) is 0 Å². The number of rotatable bonds is 24. The molecule has 0 aliphatic rings. The largest absolute Gasteiger partial charge is 0.478 e. The summed E-state index contributed by atoms with van der Waals surface area (Å²) in [5.41, 5.74) is 0.262. The van der Waals surface area contributed by atoms with Crippen LogP contribution in [0, 0.1) is 11.8 Å². The van der Waals surface area contributed by atoms with Crippen LogP contribution in [0.25, 0.3) is 0 Å². The zero-order chi connectivity index (χ0) is 25.6. The fourth-order valence-electron chi connectivity index (χ4n) is 4.60. The first-order valence-electron chi connectivity index (χ1n) is 14.4. The molecule has 0 bridgehead atoms. The molecule has 0 aromatic heterocycles. The fourth-order valence-corrected chi connectivity index (χ4v) is 4.60. The third-order valence-corrected chi connectivity index (χ3v) is 6.80. The standard InChI is InChI=1S/C30H56O4/c1-25(2)21-17-13-9-5-7-11-15-19-23-27(29(31)32)28(30(33)34)24-20-16-12-8-6-10-14-18-22-26(3)4/h25-26H,5-24H2,1-4H3,(H,31,32)(H,33,34). The van der Waals surface area contributed by atoms with Crippen molar-refractivity contribution in [3.8, 4) is 0 Å². The maximum absolute atomic E-state index is 11.7. The summed E-state index contributed by atoms with van der Waals surface area (Å²) in [7, 11) is 0. The summed E-state index contributed by atoms with van der Waals surface area (Å²) in [6.45, 7) is 9.08. The molecule has 34 heavy (non-hydrogen) atoms. The van der Waals surface area contributed by atoms with Crippen LogP contribution in [0.15, 0.2) is 11.1 Å². The van der Waals surface area contributed by atoms with Gasteiger partial charge in [0.05, 0.1) is 0 Å². The highest BCUT2D eigenvalue weighted by Gasteiger charge is 2.19. The summed E-state index contributed by atoms with van der Waals surface area (Å²) < 4.78 is 0. The molecule has 0 unspecified atom stereocenters. The Kier molecular flexibility index (Phi) is 21.3. The molecular weight excluding hydrogens is 424 g/mol. The second-order valence-electron chi connectivity index (χ2n) is 11.1. The number of unbranched alkanes of at least 4 members (excludes halogenated alkanes) is 14. The highest BCUT2D eigenvalue weighted by molar-refractivity contribution is 5.98. The van der Waals surface area contributed by atoms with Gasteiger partial charge in [0.25, 0.3) is 0 Å². The maximum Gasteiger partial charge on any atom is 0.332 e. The fraction of sp³-hybridized carbons (Fsp3) is 0.867. The number of aliphatic carboxylic acids is 2. The van der Waals surface area contributed by atoms with Gasteiger partial charge < -0.3 is 10.2 Å². The number of hydrogen-bond acceptors (Lipinski definition) is 2. The molecule has 0 aromatic carbocycles. The third kappa shape index (κ3) is 20.1. The summed E-state index contributed by atoms with van der Waals surface area (Å²) in [5.74, 6) is -0.518. The molecule has 200 valence electrons. The molecule has 4 heteroatoms. The predicted octanol–water partition coefficient (Wildman–Crippen LogP) is 9.57. The highest BCUT2D eigenvalue weighted by atomic mass is 16.4. The lowest BCUT2D eigenvalue weighted by atomic mass is 9.96. The van der Waals surface area contributed by atoms with E-state index in [1.54, 1.807) is 0 Å². The first-order valence-corrected chi connectivity index (χ1v) is 14.4. The second-order valence-corrected chi connectivity index (χ2v) is 11.1. The summed E-state index contributed by atoms with van der Waals surface area (Å²) in [6.07, 6.45) is 21.8. The van der Waals surface area contributed by atoms with Crippen LogP contribution < -0.4 is 0 Å². The van der Waals surface area contributed by atoms with Crippen LogP contribution >= 0.6 is 0 Å². The van der Waals surface area contributed by atoms with Gasteiger partial charge in [0.1, 0.15) is 0 Å². The lowest BCUT2D eigenvalue weighted by molar-refractivity contribution is -0.136. The van der Waals surface area contributed by atoms with Gasteiger partial charge in [-0.1, -0.05) is 130 Å². The molecule has 0 spiro atoms. The van der Waals surface area contributed by atoms with Crippen molar-refractivity contribution in [3.05, 3.63) is 11.1 Å².